The largest absolute Gasteiger partial charge is 0.318 e. The predicted octanol–water partition coefficient (Wildman–Crippen LogP) is 2.05. The van der Waals surface area contributed by atoms with Crippen molar-refractivity contribution in [3.63, 3.8) is 0 Å². The van der Waals surface area contributed by atoms with Gasteiger partial charge in [-0.3, -0.25) is 4.90 Å². The van der Waals surface area contributed by atoms with E-state index in [1.807, 2.05) is 19.2 Å². The van der Waals surface area contributed by atoms with E-state index in [2.05, 4.69) is 17.3 Å². The van der Waals surface area contributed by atoms with Gasteiger partial charge in [0.2, 0.25) is 0 Å². The van der Waals surface area contributed by atoms with Crippen molar-refractivity contribution >= 4 is 0 Å². The minimum atomic E-state index is -0.156. The molecule has 3 heteroatoms. The smallest absolute Gasteiger partial charge is 0.123 e. The second-order valence-corrected chi connectivity index (χ2v) is 5.08. The molecule has 0 aliphatic carbocycles. The molecule has 0 amide bonds. The fourth-order valence-corrected chi connectivity index (χ4v) is 2.89. The molecule has 1 aromatic carbocycles. The van der Waals surface area contributed by atoms with Gasteiger partial charge >= 0.3 is 0 Å². The third-order valence-corrected chi connectivity index (χ3v) is 3.90. The van der Waals surface area contributed by atoms with Crippen LogP contribution in [0.2, 0.25) is 0 Å². The van der Waals surface area contributed by atoms with Crippen LogP contribution in [-0.2, 0) is 6.42 Å². The lowest BCUT2D eigenvalue weighted by Gasteiger charge is -2.36. The summed E-state index contributed by atoms with van der Waals surface area (Å²) in [5, 5.41) is 3.30. The molecule has 1 unspecified atom stereocenters. The van der Waals surface area contributed by atoms with Crippen molar-refractivity contribution in [1.82, 2.24) is 10.2 Å². The van der Waals surface area contributed by atoms with Crippen molar-refractivity contribution in [2.75, 3.05) is 27.2 Å². The van der Waals surface area contributed by atoms with Crippen molar-refractivity contribution in [3.05, 3.63) is 35.6 Å². The summed E-state index contributed by atoms with van der Waals surface area (Å²) >= 11 is 0. The van der Waals surface area contributed by atoms with Gasteiger partial charge in [-0.05, 0) is 57.6 Å². The Hall–Kier alpha value is -0.930. The molecule has 94 valence electrons. The maximum Gasteiger partial charge on any atom is 0.123 e. The van der Waals surface area contributed by atoms with E-state index in [4.69, 9.17) is 0 Å². The SMILES string of the molecule is CNCC1(Cc2ccc(F)cc2)CCCN1C. The van der Waals surface area contributed by atoms with Gasteiger partial charge in [0, 0.05) is 12.1 Å². The number of rotatable bonds is 4. The molecule has 1 heterocycles. The molecule has 1 fully saturated rings. The molecule has 1 aromatic rings. The van der Waals surface area contributed by atoms with Crippen molar-refractivity contribution in [2.24, 2.45) is 0 Å². The van der Waals surface area contributed by atoms with Crippen LogP contribution in [-0.4, -0.2) is 37.6 Å². The van der Waals surface area contributed by atoms with Gasteiger partial charge in [0.15, 0.2) is 0 Å². The first-order valence-electron chi connectivity index (χ1n) is 6.27. The Bertz CT molecular complexity index is 363. The highest BCUT2D eigenvalue weighted by Gasteiger charge is 2.37. The second-order valence-electron chi connectivity index (χ2n) is 5.08. The number of benzene rings is 1. The van der Waals surface area contributed by atoms with E-state index in [0.717, 1.165) is 19.5 Å². The highest BCUT2D eigenvalue weighted by molar-refractivity contribution is 5.20. The quantitative estimate of drug-likeness (QED) is 0.860. The van der Waals surface area contributed by atoms with E-state index in [1.54, 1.807) is 12.1 Å². The van der Waals surface area contributed by atoms with Crippen molar-refractivity contribution in [3.8, 4) is 0 Å². The maximum absolute atomic E-state index is 12.9. The second kappa shape index (κ2) is 5.15. The summed E-state index contributed by atoms with van der Waals surface area (Å²) in [6, 6.07) is 6.91. The Labute approximate surface area is 103 Å². The minimum Gasteiger partial charge on any atom is -0.318 e. The molecule has 1 aliphatic heterocycles. The number of nitrogens with one attached hydrogen (secondary N) is 1. The summed E-state index contributed by atoms with van der Waals surface area (Å²) in [6.45, 7) is 2.14. The monoisotopic (exact) mass is 236 g/mol. The molecule has 0 aromatic heterocycles. The molecule has 1 atom stereocenters. The van der Waals surface area contributed by atoms with Crippen LogP contribution < -0.4 is 5.32 Å². The fourth-order valence-electron chi connectivity index (χ4n) is 2.89. The van der Waals surface area contributed by atoms with Crippen molar-refractivity contribution in [1.29, 1.82) is 0 Å². The number of hydrogen-bond donors (Lipinski definition) is 1. The minimum absolute atomic E-state index is 0.156. The first-order valence-corrected chi connectivity index (χ1v) is 6.27. The lowest BCUT2D eigenvalue weighted by Crippen LogP contribution is -2.50. The van der Waals surface area contributed by atoms with Crippen LogP contribution in [0.1, 0.15) is 18.4 Å². The first kappa shape index (κ1) is 12.5. The summed E-state index contributed by atoms with van der Waals surface area (Å²) in [5.41, 5.74) is 1.42. The zero-order chi connectivity index (χ0) is 12.3. The molecule has 1 N–H and O–H groups in total. The fraction of sp³-hybridized carbons (Fsp3) is 0.571. The molecular weight excluding hydrogens is 215 g/mol. The average molecular weight is 236 g/mol. The number of nitrogens with zero attached hydrogens (tertiary/aromatic N) is 1. The Kier molecular flexibility index (Phi) is 3.79. The van der Waals surface area contributed by atoms with Crippen LogP contribution in [0.5, 0.6) is 0 Å². The standard InChI is InChI=1S/C14H21FN2/c1-16-11-14(8-3-9-17(14)2)10-12-4-6-13(15)7-5-12/h4-7,16H,3,8-11H2,1-2H3. The zero-order valence-corrected chi connectivity index (χ0v) is 10.7. The molecule has 0 bridgehead atoms. The van der Waals surface area contributed by atoms with Crippen LogP contribution in [0.15, 0.2) is 24.3 Å². The number of likely N-dealkylation sites (tertiary alicyclic amines) is 1. The molecule has 17 heavy (non-hydrogen) atoms. The predicted molar refractivity (Wildman–Crippen MR) is 68.6 cm³/mol. The Morgan fingerprint density at radius 1 is 1.35 bits per heavy atom. The van der Waals surface area contributed by atoms with Crippen molar-refractivity contribution < 1.29 is 4.39 Å². The van der Waals surface area contributed by atoms with Gasteiger partial charge in [-0.2, -0.15) is 0 Å². The highest BCUT2D eigenvalue weighted by Crippen LogP contribution is 2.30. The summed E-state index contributed by atoms with van der Waals surface area (Å²) in [5.74, 6) is -0.156. The van der Waals surface area contributed by atoms with Gasteiger partial charge in [-0.15, -0.1) is 0 Å². The van der Waals surface area contributed by atoms with E-state index in [0.29, 0.717) is 0 Å². The Balaban J connectivity index is 2.15. The lowest BCUT2D eigenvalue weighted by molar-refractivity contribution is 0.171. The molecule has 2 rings (SSSR count). The third kappa shape index (κ3) is 2.67. The number of hydrogen-bond acceptors (Lipinski definition) is 2. The normalized spacial score (nSPS) is 25.4. The van der Waals surface area contributed by atoms with Crippen molar-refractivity contribution in [2.45, 2.75) is 24.8 Å². The molecule has 0 radical (unpaired) electrons. The Morgan fingerprint density at radius 3 is 2.59 bits per heavy atom. The maximum atomic E-state index is 12.9. The summed E-state index contributed by atoms with van der Waals surface area (Å²) in [7, 11) is 4.19. The van der Waals surface area contributed by atoms with Crippen LogP contribution in [0.3, 0.4) is 0 Å². The summed E-state index contributed by atoms with van der Waals surface area (Å²) in [6.07, 6.45) is 3.45. The summed E-state index contributed by atoms with van der Waals surface area (Å²) < 4.78 is 12.9. The van der Waals surface area contributed by atoms with Gasteiger partial charge in [0.25, 0.3) is 0 Å². The van der Waals surface area contributed by atoms with E-state index < -0.39 is 0 Å². The zero-order valence-electron chi connectivity index (χ0n) is 10.7. The van der Waals surface area contributed by atoms with Gasteiger partial charge < -0.3 is 5.32 Å². The molecular formula is C14H21FN2. The van der Waals surface area contributed by atoms with Crippen LogP contribution in [0.4, 0.5) is 4.39 Å². The molecule has 0 saturated carbocycles. The van der Waals surface area contributed by atoms with E-state index >= 15 is 0 Å². The average Bonchev–Trinajstić information content (AvgIpc) is 2.65. The lowest BCUT2D eigenvalue weighted by atomic mass is 9.88. The summed E-state index contributed by atoms with van der Waals surface area (Å²) in [4.78, 5) is 2.44. The van der Waals surface area contributed by atoms with Gasteiger partial charge in [0.1, 0.15) is 5.82 Å². The van der Waals surface area contributed by atoms with E-state index in [1.165, 1.54) is 18.4 Å². The molecule has 1 saturated heterocycles. The topological polar surface area (TPSA) is 15.3 Å². The Morgan fingerprint density at radius 2 is 2.06 bits per heavy atom. The van der Waals surface area contributed by atoms with E-state index in [-0.39, 0.29) is 11.4 Å². The third-order valence-electron chi connectivity index (χ3n) is 3.90. The number of halogens is 1. The van der Waals surface area contributed by atoms with Gasteiger partial charge in [0.05, 0.1) is 0 Å². The molecule has 2 nitrogen and oxygen atoms in total. The van der Waals surface area contributed by atoms with Gasteiger partial charge in [-0.25, -0.2) is 4.39 Å². The first-order chi connectivity index (χ1) is 8.16. The highest BCUT2D eigenvalue weighted by atomic mass is 19.1. The van der Waals surface area contributed by atoms with Gasteiger partial charge in [-0.1, -0.05) is 12.1 Å². The van der Waals surface area contributed by atoms with Crippen LogP contribution >= 0.6 is 0 Å². The molecule has 1 aliphatic rings. The van der Waals surface area contributed by atoms with Crippen LogP contribution in [0, 0.1) is 5.82 Å². The van der Waals surface area contributed by atoms with E-state index in [9.17, 15) is 4.39 Å². The van der Waals surface area contributed by atoms with Crippen LogP contribution in [0.25, 0.3) is 0 Å². The molecule has 0 spiro atoms. The number of likely N-dealkylation sites (N-methyl/N-ethyl adjacent to an activating group) is 2.